The van der Waals surface area contributed by atoms with Gasteiger partial charge in [-0.05, 0) is 18.8 Å². The van der Waals surface area contributed by atoms with Crippen molar-refractivity contribution in [2.45, 2.75) is 97.4 Å². The molecular formula is C18H37NO2. The summed E-state index contributed by atoms with van der Waals surface area (Å²) < 4.78 is 5.21. The lowest BCUT2D eigenvalue weighted by atomic mass is 10.0. The number of nitrogens with two attached hydrogens (primary N) is 1. The van der Waals surface area contributed by atoms with Gasteiger partial charge < -0.3 is 10.5 Å². The van der Waals surface area contributed by atoms with Gasteiger partial charge in [-0.15, -0.1) is 0 Å². The molecule has 0 saturated heterocycles. The fraction of sp³-hybridized carbons (Fsp3) is 0.944. The van der Waals surface area contributed by atoms with E-state index in [0.29, 0.717) is 18.9 Å². The number of rotatable bonds is 14. The van der Waals surface area contributed by atoms with E-state index in [1.807, 2.05) is 0 Å². The lowest BCUT2D eigenvalue weighted by Crippen LogP contribution is -2.33. The number of carbonyl (C=O) groups is 1. The minimum Gasteiger partial charge on any atom is -0.465 e. The molecule has 0 aliphatic rings. The average Bonchev–Trinajstić information content (AvgIpc) is 2.43. The van der Waals surface area contributed by atoms with E-state index in [1.54, 1.807) is 0 Å². The zero-order valence-corrected chi connectivity index (χ0v) is 14.5. The van der Waals surface area contributed by atoms with Gasteiger partial charge in [-0.3, -0.25) is 4.79 Å². The average molecular weight is 299 g/mol. The van der Waals surface area contributed by atoms with Crippen LogP contribution in [-0.4, -0.2) is 18.6 Å². The maximum absolute atomic E-state index is 11.6. The highest BCUT2D eigenvalue weighted by molar-refractivity contribution is 5.75. The summed E-state index contributed by atoms with van der Waals surface area (Å²) in [7, 11) is 0. The third kappa shape index (κ3) is 14.1. The van der Waals surface area contributed by atoms with E-state index in [4.69, 9.17) is 10.5 Å². The largest absolute Gasteiger partial charge is 0.465 e. The quantitative estimate of drug-likeness (QED) is 0.369. The van der Waals surface area contributed by atoms with Crippen LogP contribution in [0.3, 0.4) is 0 Å². The van der Waals surface area contributed by atoms with Crippen LogP contribution < -0.4 is 5.73 Å². The van der Waals surface area contributed by atoms with Crippen molar-refractivity contribution in [3.05, 3.63) is 0 Å². The van der Waals surface area contributed by atoms with Crippen molar-refractivity contribution in [2.24, 2.45) is 11.7 Å². The van der Waals surface area contributed by atoms with Gasteiger partial charge in [0.05, 0.1) is 6.61 Å². The monoisotopic (exact) mass is 299 g/mol. The van der Waals surface area contributed by atoms with E-state index < -0.39 is 6.04 Å². The van der Waals surface area contributed by atoms with E-state index >= 15 is 0 Å². The van der Waals surface area contributed by atoms with Crippen molar-refractivity contribution >= 4 is 5.97 Å². The van der Waals surface area contributed by atoms with Crippen LogP contribution in [0.15, 0.2) is 0 Å². The van der Waals surface area contributed by atoms with Crippen LogP contribution in [0, 0.1) is 5.92 Å². The standard InChI is InChI=1S/C18H37NO2/c1-4-5-6-7-8-9-10-11-12-13-14-21-18(20)17(19)15-16(2)3/h16-17H,4-15,19H2,1-3H3/t17-/m0/s1. The van der Waals surface area contributed by atoms with E-state index in [-0.39, 0.29) is 5.97 Å². The first-order valence-corrected chi connectivity index (χ1v) is 9.00. The summed E-state index contributed by atoms with van der Waals surface area (Å²) in [4.78, 5) is 11.6. The van der Waals surface area contributed by atoms with Gasteiger partial charge in [0.25, 0.3) is 0 Å². The Morgan fingerprint density at radius 1 is 0.905 bits per heavy atom. The Bertz CT molecular complexity index is 241. The Morgan fingerprint density at radius 2 is 1.38 bits per heavy atom. The third-order valence-corrected chi connectivity index (χ3v) is 3.77. The molecular weight excluding hydrogens is 262 g/mol. The highest BCUT2D eigenvalue weighted by Crippen LogP contribution is 2.10. The predicted molar refractivity (Wildman–Crippen MR) is 90.2 cm³/mol. The van der Waals surface area contributed by atoms with E-state index in [1.165, 1.54) is 51.4 Å². The van der Waals surface area contributed by atoms with Gasteiger partial charge in [-0.1, -0.05) is 78.6 Å². The molecule has 0 saturated carbocycles. The smallest absolute Gasteiger partial charge is 0.322 e. The lowest BCUT2D eigenvalue weighted by Gasteiger charge is -2.13. The highest BCUT2D eigenvalue weighted by Gasteiger charge is 2.15. The second-order valence-corrected chi connectivity index (χ2v) is 6.59. The molecule has 0 aromatic heterocycles. The molecule has 3 heteroatoms. The number of ether oxygens (including phenoxy) is 1. The number of hydrogen-bond acceptors (Lipinski definition) is 3. The Hall–Kier alpha value is -0.570. The Morgan fingerprint density at radius 3 is 1.86 bits per heavy atom. The number of esters is 1. The fourth-order valence-electron chi connectivity index (χ4n) is 2.47. The minimum absolute atomic E-state index is 0.236. The topological polar surface area (TPSA) is 52.3 Å². The molecule has 0 amide bonds. The maximum Gasteiger partial charge on any atom is 0.322 e. The van der Waals surface area contributed by atoms with E-state index in [0.717, 1.165) is 12.8 Å². The van der Waals surface area contributed by atoms with Crippen molar-refractivity contribution in [1.82, 2.24) is 0 Å². The van der Waals surface area contributed by atoms with Gasteiger partial charge in [-0.25, -0.2) is 0 Å². The molecule has 0 unspecified atom stereocenters. The zero-order valence-electron chi connectivity index (χ0n) is 14.5. The van der Waals surface area contributed by atoms with Crippen molar-refractivity contribution in [1.29, 1.82) is 0 Å². The second-order valence-electron chi connectivity index (χ2n) is 6.59. The fourth-order valence-corrected chi connectivity index (χ4v) is 2.47. The molecule has 0 aliphatic carbocycles. The summed E-state index contributed by atoms with van der Waals surface area (Å²) in [5.74, 6) is 0.199. The molecule has 21 heavy (non-hydrogen) atoms. The van der Waals surface area contributed by atoms with E-state index in [2.05, 4.69) is 20.8 Å². The summed E-state index contributed by atoms with van der Waals surface area (Å²) in [5.41, 5.74) is 5.77. The summed E-state index contributed by atoms with van der Waals surface area (Å²) >= 11 is 0. The molecule has 126 valence electrons. The van der Waals surface area contributed by atoms with Crippen LogP contribution in [0.4, 0.5) is 0 Å². The van der Waals surface area contributed by atoms with Crippen LogP contribution in [0.25, 0.3) is 0 Å². The molecule has 0 fully saturated rings. The van der Waals surface area contributed by atoms with Crippen LogP contribution in [0.2, 0.25) is 0 Å². The van der Waals surface area contributed by atoms with Gasteiger partial charge in [0, 0.05) is 0 Å². The van der Waals surface area contributed by atoms with Gasteiger partial charge >= 0.3 is 5.97 Å². The van der Waals surface area contributed by atoms with Crippen molar-refractivity contribution in [3.8, 4) is 0 Å². The first kappa shape index (κ1) is 20.4. The molecule has 0 spiro atoms. The molecule has 0 aromatic rings. The molecule has 0 aliphatic heterocycles. The first-order valence-electron chi connectivity index (χ1n) is 9.00. The van der Waals surface area contributed by atoms with Crippen LogP contribution in [-0.2, 0) is 9.53 Å². The molecule has 0 radical (unpaired) electrons. The van der Waals surface area contributed by atoms with Crippen LogP contribution in [0.1, 0.15) is 91.4 Å². The van der Waals surface area contributed by atoms with Gasteiger partial charge in [0.1, 0.15) is 6.04 Å². The van der Waals surface area contributed by atoms with Gasteiger partial charge in [0.2, 0.25) is 0 Å². The normalized spacial score (nSPS) is 12.6. The maximum atomic E-state index is 11.6. The number of hydrogen-bond donors (Lipinski definition) is 1. The minimum atomic E-state index is -0.451. The lowest BCUT2D eigenvalue weighted by molar-refractivity contribution is -0.145. The molecule has 0 rings (SSSR count). The summed E-state index contributed by atoms with van der Waals surface area (Å²) in [6.45, 7) is 6.91. The number of unbranched alkanes of at least 4 members (excludes halogenated alkanes) is 9. The molecule has 0 bridgehead atoms. The highest BCUT2D eigenvalue weighted by atomic mass is 16.5. The molecule has 0 aromatic carbocycles. The molecule has 3 nitrogen and oxygen atoms in total. The van der Waals surface area contributed by atoms with Gasteiger partial charge in [-0.2, -0.15) is 0 Å². The summed E-state index contributed by atoms with van der Waals surface area (Å²) in [6.07, 6.45) is 13.6. The molecule has 0 heterocycles. The third-order valence-electron chi connectivity index (χ3n) is 3.77. The van der Waals surface area contributed by atoms with Crippen LogP contribution >= 0.6 is 0 Å². The predicted octanol–water partition coefficient (Wildman–Crippen LogP) is 4.82. The SMILES string of the molecule is CCCCCCCCCCCCOC(=O)[C@@H](N)CC(C)C. The van der Waals surface area contributed by atoms with Gasteiger partial charge in [0.15, 0.2) is 0 Å². The van der Waals surface area contributed by atoms with Crippen molar-refractivity contribution < 1.29 is 9.53 Å². The summed E-state index contributed by atoms with van der Waals surface area (Å²) in [5, 5.41) is 0. The zero-order chi connectivity index (χ0) is 15.9. The summed E-state index contributed by atoms with van der Waals surface area (Å²) in [6, 6.07) is -0.451. The van der Waals surface area contributed by atoms with E-state index in [9.17, 15) is 4.79 Å². The Kier molecular flexibility index (Phi) is 14.0. The van der Waals surface area contributed by atoms with Crippen molar-refractivity contribution in [2.75, 3.05) is 6.61 Å². The molecule has 1 atom stereocenters. The second kappa shape index (κ2) is 14.4. The van der Waals surface area contributed by atoms with Crippen molar-refractivity contribution in [3.63, 3.8) is 0 Å². The Balaban J connectivity index is 3.26. The Labute approximate surface area is 132 Å². The molecule has 2 N–H and O–H groups in total. The number of carbonyl (C=O) groups excluding carboxylic acids is 1. The first-order chi connectivity index (χ1) is 10.1. The van der Waals surface area contributed by atoms with Crippen LogP contribution in [0.5, 0.6) is 0 Å².